The minimum atomic E-state index is -4.65. The maximum atomic E-state index is 12.5. The van der Waals surface area contributed by atoms with E-state index in [1.54, 1.807) is 12.2 Å². The second-order valence-electron chi connectivity index (χ2n) is 14.1. The Kier molecular flexibility index (Phi) is 38.2. The van der Waals surface area contributed by atoms with Gasteiger partial charge in [0, 0.05) is 12.5 Å². The molecule has 0 aromatic heterocycles. The third kappa shape index (κ3) is 39.7. The van der Waals surface area contributed by atoms with E-state index in [0.29, 0.717) is 6.42 Å². The van der Waals surface area contributed by atoms with E-state index in [4.69, 9.17) is 19.1 Å². The Morgan fingerprint density at radius 3 is 1.65 bits per heavy atom. The molecule has 0 bridgehead atoms. The van der Waals surface area contributed by atoms with Gasteiger partial charge >= 0.3 is 19.8 Å². The van der Waals surface area contributed by atoms with E-state index in [1.165, 1.54) is 96.0 Å². The van der Waals surface area contributed by atoms with E-state index in [1.807, 2.05) is 6.08 Å². The lowest BCUT2D eigenvalue weighted by molar-refractivity contribution is -0.157. The first-order chi connectivity index (χ1) is 26.7. The molecule has 0 aliphatic rings. The van der Waals surface area contributed by atoms with Crippen molar-refractivity contribution in [2.24, 2.45) is 0 Å². The standard InChI is InChI=1S/C44H77O10P/c1-3-5-7-9-11-13-15-17-19-20-22-23-25-27-29-31-33-35-43(47)51-39-42(40-53-55(49,50)52-38-41(46)37-45)54-44(48)36-34-32-30-28-26-24-21-18-16-14-12-10-8-6-4-2/h11,13,17,19,22-23,30,32,34,36,41-42,45-46H,3-10,12,14-16,18,20-21,24-29,31,33,35,37-40H2,1-2H3,(H,49,50)/b13-11+,19-17+,23-22+,32-30+,36-34+/t41-,42+/m0/s1. The second-order valence-corrected chi connectivity index (χ2v) is 15.5. The summed E-state index contributed by atoms with van der Waals surface area (Å²) in [4.78, 5) is 34.8. The van der Waals surface area contributed by atoms with Crippen molar-refractivity contribution >= 4 is 19.8 Å². The molecule has 0 aliphatic carbocycles. The van der Waals surface area contributed by atoms with Gasteiger partial charge in [-0.25, -0.2) is 9.36 Å². The molecular weight excluding hydrogens is 719 g/mol. The summed E-state index contributed by atoms with van der Waals surface area (Å²) in [7, 11) is -4.65. The van der Waals surface area contributed by atoms with E-state index in [2.05, 4.69) is 54.8 Å². The summed E-state index contributed by atoms with van der Waals surface area (Å²) in [5, 5.41) is 18.3. The zero-order valence-electron chi connectivity index (χ0n) is 34.4. The molecule has 1 unspecified atom stereocenters. The molecule has 55 heavy (non-hydrogen) atoms. The van der Waals surface area contributed by atoms with Crippen LogP contribution in [0, 0.1) is 0 Å². The van der Waals surface area contributed by atoms with Crippen LogP contribution in [0.25, 0.3) is 0 Å². The SMILES string of the molecule is CCCCC/C=C/C/C=C/C/C=C/CCCCCCC(=O)OC[C@H](COP(=O)(O)OC[C@@H](O)CO)OC(=O)/C=C/C=C/CCCCCCCCCCCCC. The Labute approximate surface area is 334 Å². The van der Waals surface area contributed by atoms with Crippen molar-refractivity contribution in [3.8, 4) is 0 Å². The fourth-order valence-electron chi connectivity index (χ4n) is 5.44. The third-order valence-corrected chi connectivity index (χ3v) is 9.70. The topological polar surface area (TPSA) is 149 Å². The highest BCUT2D eigenvalue weighted by Crippen LogP contribution is 2.43. The van der Waals surface area contributed by atoms with Crippen molar-refractivity contribution in [1.29, 1.82) is 0 Å². The molecule has 0 aromatic rings. The van der Waals surface area contributed by atoms with Crippen LogP contribution in [0.4, 0.5) is 0 Å². The highest BCUT2D eigenvalue weighted by molar-refractivity contribution is 7.47. The molecule has 0 saturated carbocycles. The van der Waals surface area contributed by atoms with Gasteiger partial charge in [-0.2, -0.15) is 0 Å². The van der Waals surface area contributed by atoms with Gasteiger partial charge in [0.15, 0.2) is 6.10 Å². The Morgan fingerprint density at radius 1 is 0.600 bits per heavy atom. The van der Waals surface area contributed by atoms with E-state index >= 15 is 0 Å². The average molecular weight is 797 g/mol. The van der Waals surface area contributed by atoms with E-state index in [0.717, 1.165) is 51.4 Å². The molecule has 0 aliphatic heterocycles. The number of carbonyl (C=O) groups excluding carboxylic acids is 2. The summed E-state index contributed by atoms with van der Waals surface area (Å²) >= 11 is 0. The second kappa shape index (κ2) is 39.9. The number of phosphoric acid groups is 1. The van der Waals surface area contributed by atoms with Crippen molar-refractivity contribution in [3.05, 3.63) is 60.8 Å². The van der Waals surface area contributed by atoms with Crippen molar-refractivity contribution < 1.29 is 47.8 Å². The molecule has 0 aromatic carbocycles. The predicted octanol–water partition coefficient (Wildman–Crippen LogP) is 11.1. The van der Waals surface area contributed by atoms with Gasteiger partial charge in [-0.1, -0.05) is 158 Å². The molecule has 0 radical (unpaired) electrons. The van der Waals surface area contributed by atoms with Gasteiger partial charge in [-0.3, -0.25) is 13.8 Å². The van der Waals surface area contributed by atoms with Gasteiger partial charge in [0.05, 0.1) is 19.8 Å². The summed E-state index contributed by atoms with van der Waals surface area (Å²) in [6.45, 7) is 2.19. The summed E-state index contributed by atoms with van der Waals surface area (Å²) < 4.78 is 32.5. The van der Waals surface area contributed by atoms with Gasteiger partial charge in [-0.15, -0.1) is 0 Å². The third-order valence-electron chi connectivity index (χ3n) is 8.75. The first kappa shape index (κ1) is 52.7. The number of hydrogen-bond donors (Lipinski definition) is 3. The van der Waals surface area contributed by atoms with E-state index in [9.17, 15) is 24.2 Å². The molecule has 3 atom stereocenters. The van der Waals surface area contributed by atoms with Crippen LogP contribution in [0.15, 0.2) is 60.8 Å². The molecule has 10 nitrogen and oxygen atoms in total. The Bertz CT molecular complexity index is 1100. The van der Waals surface area contributed by atoms with Crippen LogP contribution in [0.3, 0.4) is 0 Å². The molecule has 0 rings (SSSR count). The zero-order chi connectivity index (χ0) is 40.5. The largest absolute Gasteiger partial charge is 0.472 e. The fourth-order valence-corrected chi connectivity index (χ4v) is 6.23. The smallest absolute Gasteiger partial charge is 0.462 e. The van der Waals surface area contributed by atoms with E-state index < -0.39 is 51.8 Å². The van der Waals surface area contributed by atoms with Crippen LogP contribution in [0.2, 0.25) is 0 Å². The predicted molar refractivity (Wildman–Crippen MR) is 224 cm³/mol. The summed E-state index contributed by atoms with van der Waals surface area (Å²) in [5.41, 5.74) is 0. The monoisotopic (exact) mass is 797 g/mol. The van der Waals surface area contributed by atoms with Crippen LogP contribution in [-0.4, -0.2) is 65.7 Å². The molecule has 0 saturated heterocycles. The van der Waals surface area contributed by atoms with Crippen LogP contribution >= 0.6 is 7.82 Å². The minimum Gasteiger partial charge on any atom is -0.462 e. The number of esters is 2. The summed E-state index contributed by atoms with van der Waals surface area (Å²) in [5.74, 6) is -1.21. The summed E-state index contributed by atoms with van der Waals surface area (Å²) in [6.07, 6.45) is 43.9. The normalized spacial score (nSPS) is 14.5. The lowest BCUT2D eigenvalue weighted by atomic mass is 10.1. The first-order valence-corrected chi connectivity index (χ1v) is 22.8. The van der Waals surface area contributed by atoms with Gasteiger partial charge in [0.1, 0.15) is 12.7 Å². The average Bonchev–Trinajstić information content (AvgIpc) is 3.17. The number of rotatable bonds is 39. The number of phosphoric ester groups is 1. The number of aliphatic hydroxyl groups excluding tert-OH is 2. The Hall–Kier alpha value is -2.33. The van der Waals surface area contributed by atoms with Gasteiger partial charge in [-0.05, 0) is 57.8 Å². The molecule has 3 N–H and O–H groups in total. The maximum absolute atomic E-state index is 12.5. The number of ether oxygens (including phenoxy) is 2. The Morgan fingerprint density at radius 2 is 1.07 bits per heavy atom. The van der Waals surface area contributed by atoms with Crippen LogP contribution in [0.1, 0.15) is 168 Å². The van der Waals surface area contributed by atoms with Crippen molar-refractivity contribution in [2.45, 2.75) is 180 Å². The molecular formula is C44H77O10P. The number of aliphatic hydroxyl groups is 2. The van der Waals surface area contributed by atoms with Crippen molar-refractivity contribution in [3.63, 3.8) is 0 Å². The molecule has 0 heterocycles. The van der Waals surface area contributed by atoms with Crippen LogP contribution in [0.5, 0.6) is 0 Å². The number of unbranched alkanes of at least 4 members (excludes halogenated alkanes) is 18. The number of hydrogen-bond acceptors (Lipinski definition) is 9. The first-order valence-electron chi connectivity index (χ1n) is 21.3. The van der Waals surface area contributed by atoms with Crippen molar-refractivity contribution in [2.75, 3.05) is 26.4 Å². The molecule has 0 spiro atoms. The summed E-state index contributed by atoms with van der Waals surface area (Å²) in [6, 6.07) is 0. The fraction of sp³-hybridized carbons (Fsp3) is 0.727. The lowest BCUT2D eigenvalue weighted by Gasteiger charge is -2.19. The number of allylic oxidation sites excluding steroid dienone is 9. The highest BCUT2D eigenvalue weighted by Gasteiger charge is 2.26. The van der Waals surface area contributed by atoms with Gasteiger partial charge in [0.2, 0.25) is 0 Å². The molecule has 318 valence electrons. The van der Waals surface area contributed by atoms with Crippen LogP contribution in [-0.2, 0) is 32.7 Å². The molecule has 0 fully saturated rings. The van der Waals surface area contributed by atoms with Gasteiger partial charge in [0.25, 0.3) is 0 Å². The lowest BCUT2D eigenvalue weighted by Crippen LogP contribution is -2.29. The van der Waals surface area contributed by atoms with Gasteiger partial charge < -0.3 is 24.6 Å². The Balaban J connectivity index is 4.46. The quantitative estimate of drug-likeness (QED) is 0.0137. The number of carbonyl (C=O) groups is 2. The molecule has 11 heteroatoms. The zero-order valence-corrected chi connectivity index (χ0v) is 35.3. The molecule has 0 amide bonds. The van der Waals surface area contributed by atoms with Crippen molar-refractivity contribution in [1.82, 2.24) is 0 Å². The van der Waals surface area contributed by atoms with E-state index in [-0.39, 0.29) is 13.0 Å². The van der Waals surface area contributed by atoms with Crippen LogP contribution < -0.4 is 0 Å². The highest BCUT2D eigenvalue weighted by atomic mass is 31.2. The maximum Gasteiger partial charge on any atom is 0.472 e. The minimum absolute atomic E-state index is 0.194.